The van der Waals surface area contributed by atoms with Gasteiger partial charge in [0.25, 0.3) is 0 Å². The van der Waals surface area contributed by atoms with Crippen molar-refractivity contribution in [3.8, 4) is 6.07 Å². The Bertz CT molecular complexity index is 1410. The predicted molar refractivity (Wildman–Crippen MR) is 125 cm³/mol. The van der Waals surface area contributed by atoms with Crippen molar-refractivity contribution in [2.45, 2.75) is 12.8 Å². The van der Waals surface area contributed by atoms with Crippen LogP contribution in [0.1, 0.15) is 17.2 Å². The molecule has 172 valence electrons. The smallest absolute Gasteiger partial charge is 0.355 e. The van der Waals surface area contributed by atoms with Crippen molar-refractivity contribution in [1.82, 2.24) is 9.78 Å². The van der Waals surface area contributed by atoms with Crippen LogP contribution in [0, 0.1) is 18.3 Å². The number of nitriles is 1. The minimum atomic E-state index is -0.909. The highest BCUT2D eigenvalue weighted by atomic mass is 16.5. The number of methoxy groups -OCH3 is 2. The van der Waals surface area contributed by atoms with E-state index in [9.17, 15) is 14.9 Å². The van der Waals surface area contributed by atoms with E-state index < -0.39 is 17.9 Å². The maximum atomic E-state index is 13.1. The summed E-state index contributed by atoms with van der Waals surface area (Å²) in [5.74, 6) is -2.44. The second-order valence-corrected chi connectivity index (χ2v) is 7.75. The molecule has 4 rings (SSSR count). The number of aryl methyl sites for hydroxylation is 2. The molecule has 0 aliphatic carbocycles. The van der Waals surface area contributed by atoms with Gasteiger partial charge in [-0.15, -0.1) is 0 Å². The van der Waals surface area contributed by atoms with Gasteiger partial charge >= 0.3 is 11.9 Å². The Labute approximate surface area is 196 Å². The number of allylic oxidation sites excluding steroid dienone is 1. The van der Waals surface area contributed by atoms with Crippen LogP contribution in [-0.2, 0) is 26.1 Å². The summed E-state index contributed by atoms with van der Waals surface area (Å²) in [6, 6.07) is 16.3. The van der Waals surface area contributed by atoms with Crippen molar-refractivity contribution in [2.24, 2.45) is 12.8 Å². The van der Waals surface area contributed by atoms with Crippen LogP contribution in [0.15, 0.2) is 71.2 Å². The van der Waals surface area contributed by atoms with Crippen LogP contribution < -0.4 is 10.6 Å². The molecule has 2 aromatic carbocycles. The monoisotopic (exact) mass is 457 g/mol. The molecule has 0 fully saturated rings. The first-order valence-corrected chi connectivity index (χ1v) is 10.4. The Hall–Kier alpha value is -4.58. The largest absolute Gasteiger partial charge is 0.466 e. The maximum absolute atomic E-state index is 13.1. The van der Waals surface area contributed by atoms with E-state index in [0.717, 1.165) is 16.6 Å². The normalized spacial score (nSPS) is 16.0. The molecular formula is C25H23N5O4. The fourth-order valence-corrected chi connectivity index (χ4v) is 4.23. The Morgan fingerprint density at radius 2 is 1.76 bits per heavy atom. The SMILES string of the molecule is COC(=O)C1=C(C(=O)OC)N(c2ccc3nn(C)c(C)c3c2)C(N)=C(C#N)C1c1ccccc1. The number of nitrogens with two attached hydrogens (primary N) is 1. The Morgan fingerprint density at radius 3 is 2.38 bits per heavy atom. The van der Waals surface area contributed by atoms with Crippen LogP contribution >= 0.6 is 0 Å². The maximum Gasteiger partial charge on any atom is 0.355 e. The molecule has 3 aromatic rings. The zero-order valence-electron chi connectivity index (χ0n) is 19.2. The van der Waals surface area contributed by atoms with Gasteiger partial charge in [-0.2, -0.15) is 10.4 Å². The molecule has 9 heteroatoms. The number of aromatic nitrogens is 2. The summed E-state index contributed by atoms with van der Waals surface area (Å²) in [4.78, 5) is 27.6. The summed E-state index contributed by atoms with van der Waals surface area (Å²) in [7, 11) is 4.26. The third kappa shape index (κ3) is 3.46. The van der Waals surface area contributed by atoms with Gasteiger partial charge in [0.15, 0.2) is 0 Å². The number of rotatable bonds is 4. The minimum Gasteiger partial charge on any atom is -0.466 e. The van der Waals surface area contributed by atoms with E-state index in [1.165, 1.54) is 19.1 Å². The van der Waals surface area contributed by atoms with Gasteiger partial charge in [-0.1, -0.05) is 30.3 Å². The molecule has 1 aliphatic rings. The molecule has 9 nitrogen and oxygen atoms in total. The number of ether oxygens (including phenoxy) is 2. The molecule has 1 atom stereocenters. The van der Waals surface area contributed by atoms with Gasteiger partial charge in [0.1, 0.15) is 11.5 Å². The van der Waals surface area contributed by atoms with Crippen LogP contribution in [0.25, 0.3) is 10.9 Å². The van der Waals surface area contributed by atoms with Crippen molar-refractivity contribution in [2.75, 3.05) is 19.1 Å². The van der Waals surface area contributed by atoms with Crippen LogP contribution in [0.3, 0.4) is 0 Å². The van der Waals surface area contributed by atoms with E-state index in [-0.39, 0.29) is 22.7 Å². The number of carbonyl (C=O) groups is 2. The van der Waals surface area contributed by atoms with Gasteiger partial charge in [-0.05, 0) is 30.7 Å². The average Bonchev–Trinajstić information content (AvgIpc) is 3.15. The number of esters is 2. The van der Waals surface area contributed by atoms with Crippen molar-refractivity contribution in [3.05, 3.63) is 82.5 Å². The highest BCUT2D eigenvalue weighted by molar-refractivity contribution is 6.06. The Kier molecular flexibility index (Phi) is 5.82. The van der Waals surface area contributed by atoms with Gasteiger partial charge in [-0.25, -0.2) is 9.59 Å². The summed E-state index contributed by atoms with van der Waals surface area (Å²) >= 11 is 0. The number of anilines is 1. The lowest BCUT2D eigenvalue weighted by Crippen LogP contribution is -2.40. The number of hydrogen-bond acceptors (Lipinski definition) is 8. The first-order valence-electron chi connectivity index (χ1n) is 10.4. The van der Waals surface area contributed by atoms with E-state index >= 15 is 0 Å². The highest BCUT2D eigenvalue weighted by Crippen LogP contribution is 2.43. The first kappa shape index (κ1) is 22.6. The first-order chi connectivity index (χ1) is 16.3. The fourth-order valence-electron chi connectivity index (χ4n) is 4.23. The fraction of sp³-hybridized carbons (Fsp3) is 0.200. The number of hydrogen-bond donors (Lipinski definition) is 1. The summed E-state index contributed by atoms with van der Waals surface area (Å²) in [5.41, 5.74) is 9.24. The van der Waals surface area contributed by atoms with Gasteiger partial charge in [0, 0.05) is 23.8 Å². The molecule has 34 heavy (non-hydrogen) atoms. The van der Waals surface area contributed by atoms with Crippen LogP contribution in [-0.4, -0.2) is 35.9 Å². The molecule has 1 aliphatic heterocycles. The number of nitrogens with zero attached hydrogens (tertiary/aromatic N) is 4. The van der Waals surface area contributed by atoms with E-state index in [4.69, 9.17) is 15.2 Å². The average molecular weight is 457 g/mol. The van der Waals surface area contributed by atoms with Gasteiger partial charge in [-0.3, -0.25) is 9.58 Å². The molecular weight excluding hydrogens is 434 g/mol. The van der Waals surface area contributed by atoms with Crippen molar-refractivity contribution in [3.63, 3.8) is 0 Å². The number of fused-ring (bicyclic) bond motifs is 1. The Balaban J connectivity index is 2.07. The van der Waals surface area contributed by atoms with Crippen LogP contribution in [0.4, 0.5) is 5.69 Å². The van der Waals surface area contributed by atoms with E-state index in [0.29, 0.717) is 11.3 Å². The topological polar surface area (TPSA) is 123 Å². The molecule has 1 unspecified atom stereocenters. The Morgan fingerprint density at radius 1 is 1.09 bits per heavy atom. The molecule has 2 heterocycles. The van der Waals surface area contributed by atoms with Crippen LogP contribution in [0.5, 0.6) is 0 Å². The van der Waals surface area contributed by atoms with E-state index in [1.54, 1.807) is 47.1 Å². The molecule has 2 N–H and O–H groups in total. The third-order valence-corrected chi connectivity index (χ3v) is 5.98. The van der Waals surface area contributed by atoms with E-state index in [2.05, 4.69) is 11.2 Å². The van der Waals surface area contributed by atoms with Crippen molar-refractivity contribution >= 4 is 28.5 Å². The second kappa shape index (κ2) is 8.75. The molecule has 0 saturated heterocycles. The van der Waals surface area contributed by atoms with Gasteiger partial charge < -0.3 is 15.2 Å². The summed E-state index contributed by atoms with van der Waals surface area (Å²) in [6.07, 6.45) is 0. The molecule has 0 bridgehead atoms. The number of carbonyl (C=O) groups excluding carboxylic acids is 2. The van der Waals surface area contributed by atoms with Crippen molar-refractivity contribution < 1.29 is 19.1 Å². The third-order valence-electron chi connectivity index (χ3n) is 5.98. The lowest BCUT2D eigenvalue weighted by atomic mass is 9.81. The standard InChI is InChI=1S/C25H23N5O4/c1-14-17-12-16(10-11-19(17)28-29(14)2)30-22(25(32)34-4)21(24(31)33-3)20(18(13-26)23(30)27)15-8-6-5-7-9-15/h5-12,20H,27H2,1-4H3. The van der Waals surface area contributed by atoms with Crippen molar-refractivity contribution in [1.29, 1.82) is 5.26 Å². The molecule has 0 saturated carbocycles. The molecule has 0 amide bonds. The molecule has 0 spiro atoms. The van der Waals surface area contributed by atoms with Gasteiger partial charge in [0.2, 0.25) is 0 Å². The lowest BCUT2D eigenvalue weighted by Gasteiger charge is -2.35. The summed E-state index contributed by atoms with van der Waals surface area (Å²) in [5, 5.41) is 15.4. The molecule has 0 radical (unpaired) electrons. The van der Waals surface area contributed by atoms with Crippen LogP contribution in [0.2, 0.25) is 0 Å². The highest BCUT2D eigenvalue weighted by Gasteiger charge is 2.43. The zero-order valence-corrected chi connectivity index (χ0v) is 19.2. The van der Waals surface area contributed by atoms with Gasteiger partial charge in [0.05, 0.1) is 42.9 Å². The summed E-state index contributed by atoms with van der Waals surface area (Å²) in [6.45, 7) is 1.91. The zero-order chi connectivity index (χ0) is 24.6. The van der Waals surface area contributed by atoms with E-state index in [1.807, 2.05) is 20.0 Å². The second-order valence-electron chi connectivity index (χ2n) is 7.75. The molecule has 1 aromatic heterocycles. The quantitative estimate of drug-likeness (QED) is 0.593. The lowest BCUT2D eigenvalue weighted by molar-refractivity contribution is -0.139. The number of benzene rings is 2. The summed E-state index contributed by atoms with van der Waals surface area (Å²) < 4.78 is 11.9. The minimum absolute atomic E-state index is 0.0188. The predicted octanol–water partition coefficient (Wildman–Crippen LogP) is 2.78.